The minimum atomic E-state index is -0.625. The van der Waals surface area contributed by atoms with Crippen LogP contribution in [0.25, 0.3) is 0 Å². The fourth-order valence-electron chi connectivity index (χ4n) is 2.38. The van der Waals surface area contributed by atoms with E-state index in [-0.39, 0.29) is 0 Å². The summed E-state index contributed by atoms with van der Waals surface area (Å²) in [5.41, 5.74) is 4.92. The van der Waals surface area contributed by atoms with Gasteiger partial charge < -0.3 is 10.6 Å². The summed E-state index contributed by atoms with van der Waals surface area (Å²) >= 11 is 1.62. The summed E-state index contributed by atoms with van der Waals surface area (Å²) in [6.07, 6.45) is 0.727. The van der Waals surface area contributed by atoms with Gasteiger partial charge in [0.25, 0.3) is 0 Å². The quantitative estimate of drug-likeness (QED) is 0.852. The molecule has 0 fully saturated rings. The molecule has 22 heavy (non-hydrogen) atoms. The number of carbonyl (C=O) groups excluding carboxylic acids is 2. The second kappa shape index (κ2) is 7.22. The molecule has 0 saturated carbocycles. The van der Waals surface area contributed by atoms with Crippen LogP contribution < -0.4 is 10.6 Å². The largest absolute Gasteiger partial charge is 0.347 e. The van der Waals surface area contributed by atoms with Crippen molar-refractivity contribution in [2.45, 2.75) is 27.2 Å². The summed E-state index contributed by atoms with van der Waals surface area (Å²) in [6.45, 7) is 6.30. The van der Waals surface area contributed by atoms with Crippen LogP contribution in [0.3, 0.4) is 0 Å². The van der Waals surface area contributed by atoms with Gasteiger partial charge in [-0.05, 0) is 60.7 Å². The van der Waals surface area contributed by atoms with E-state index in [0.29, 0.717) is 12.2 Å². The van der Waals surface area contributed by atoms with Crippen molar-refractivity contribution in [3.63, 3.8) is 0 Å². The molecule has 1 heterocycles. The molecule has 2 rings (SSSR count). The van der Waals surface area contributed by atoms with Gasteiger partial charge in [-0.1, -0.05) is 17.7 Å². The van der Waals surface area contributed by atoms with Crippen molar-refractivity contribution in [2.24, 2.45) is 0 Å². The highest BCUT2D eigenvalue weighted by molar-refractivity contribution is 7.07. The Labute approximate surface area is 134 Å². The molecule has 0 aliphatic rings. The Hall–Kier alpha value is -2.14. The number of aryl methyl sites for hydroxylation is 3. The molecule has 0 atom stereocenters. The van der Waals surface area contributed by atoms with Crippen LogP contribution in [0.1, 0.15) is 22.3 Å². The van der Waals surface area contributed by atoms with Gasteiger partial charge in [0, 0.05) is 12.2 Å². The number of thiophene rings is 1. The molecule has 1 aromatic carbocycles. The zero-order chi connectivity index (χ0) is 16.1. The van der Waals surface area contributed by atoms with E-state index in [1.54, 1.807) is 11.3 Å². The third kappa shape index (κ3) is 4.18. The first-order valence-electron chi connectivity index (χ1n) is 7.15. The Morgan fingerprint density at radius 1 is 1.09 bits per heavy atom. The van der Waals surface area contributed by atoms with E-state index < -0.39 is 11.8 Å². The third-order valence-electron chi connectivity index (χ3n) is 3.40. The molecule has 0 radical (unpaired) electrons. The summed E-state index contributed by atoms with van der Waals surface area (Å²) in [6, 6.07) is 5.98. The van der Waals surface area contributed by atoms with Gasteiger partial charge in [0.15, 0.2) is 0 Å². The van der Waals surface area contributed by atoms with E-state index in [1.165, 1.54) is 0 Å². The van der Waals surface area contributed by atoms with Crippen LogP contribution >= 0.6 is 11.3 Å². The summed E-state index contributed by atoms with van der Waals surface area (Å²) in [7, 11) is 0. The first-order chi connectivity index (χ1) is 10.5. The maximum atomic E-state index is 12.0. The summed E-state index contributed by atoms with van der Waals surface area (Å²) in [5.74, 6) is -1.23. The van der Waals surface area contributed by atoms with Crippen molar-refractivity contribution in [3.05, 3.63) is 51.2 Å². The van der Waals surface area contributed by atoms with Crippen molar-refractivity contribution in [1.82, 2.24) is 5.32 Å². The van der Waals surface area contributed by atoms with Crippen molar-refractivity contribution >= 4 is 28.8 Å². The van der Waals surface area contributed by atoms with Crippen molar-refractivity contribution in [1.29, 1.82) is 0 Å². The minimum absolute atomic E-state index is 0.453. The second-order valence-electron chi connectivity index (χ2n) is 5.37. The highest BCUT2D eigenvalue weighted by Crippen LogP contribution is 2.21. The maximum Gasteiger partial charge on any atom is 0.313 e. The van der Waals surface area contributed by atoms with Crippen LogP contribution in [0, 0.1) is 20.8 Å². The monoisotopic (exact) mass is 316 g/mol. The van der Waals surface area contributed by atoms with E-state index in [1.807, 2.05) is 49.7 Å². The molecule has 5 heteroatoms. The number of anilines is 1. The van der Waals surface area contributed by atoms with Gasteiger partial charge in [0.2, 0.25) is 0 Å². The molecule has 0 aliphatic carbocycles. The van der Waals surface area contributed by atoms with Crippen LogP contribution in [0.5, 0.6) is 0 Å². The molecule has 0 bridgehead atoms. The lowest BCUT2D eigenvalue weighted by Gasteiger charge is -2.12. The molecule has 0 saturated heterocycles. The number of hydrogen-bond acceptors (Lipinski definition) is 3. The Kier molecular flexibility index (Phi) is 5.33. The Morgan fingerprint density at radius 2 is 1.77 bits per heavy atom. The fourth-order valence-corrected chi connectivity index (χ4v) is 3.09. The Bertz CT molecular complexity index is 655. The van der Waals surface area contributed by atoms with Gasteiger partial charge in [0.1, 0.15) is 0 Å². The van der Waals surface area contributed by atoms with Gasteiger partial charge in [0.05, 0.1) is 0 Å². The van der Waals surface area contributed by atoms with E-state index in [4.69, 9.17) is 0 Å². The van der Waals surface area contributed by atoms with Gasteiger partial charge in [-0.2, -0.15) is 11.3 Å². The number of amides is 2. The SMILES string of the molecule is Cc1cc(C)c(NC(=O)C(=O)NCCc2ccsc2)c(C)c1. The van der Waals surface area contributed by atoms with Crippen molar-refractivity contribution in [2.75, 3.05) is 11.9 Å². The molecule has 2 aromatic rings. The first kappa shape index (κ1) is 16.2. The molecular weight excluding hydrogens is 296 g/mol. The fraction of sp³-hybridized carbons (Fsp3) is 0.294. The number of carbonyl (C=O) groups is 2. The molecule has 1 aromatic heterocycles. The van der Waals surface area contributed by atoms with Crippen LogP contribution in [0.4, 0.5) is 5.69 Å². The smallest absolute Gasteiger partial charge is 0.313 e. The lowest BCUT2D eigenvalue weighted by molar-refractivity contribution is -0.136. The molecule has 0 aliphatic heterocycles. The number of rotatable bonds is 4. The third-order valence-corrected chi connectivity index (χ3v) is 4.13. The second-order valence-corrected chi connectivity index (χ2v) is 6.15. The Morgan fingerprint density at radius 3 is 2.36 bits per heavy atom. The molecule has 0 unspecified atom stereocenters. The van der Waals surface area contributed by atoms with Crippen LogP contribution in [0.2, 0.25) is 0 Å². The van der Waals surface area contributed by atoms with E-state index in [2.05, 4.69) is 10.6 Å². The summed E-state index contributed by atoms with van der Waals surface area (Å²) in [5, 5.41) is 9.37. The standard InChI is InChI=1S/C17H20N2O2S/c1-11-8-12(2)15(13(3)9-11)19-17(21)16(20)18-6-4-14-5-7-22-10-14/h5,7-10H,4,6H2,1-3H3,(H,18,20)(H,19,21). The Balaban J connectivity index is 1.90. The lowest BCUT2D eigenvalue weighted by Crippen LogP contribution is -2.36. The van der Waals surface area contributed by atoms with Gasteiger partial charge in [-0.15, -0.1) is 0 Å². The summed E-state index contributed by atoms with van der Waals surface area (Å²) < 4.78 is 0. The van der Waals surface area contributed by atoms with E-state index in [9.17, 15) is 9.59 Å². The topological polar surface area (TPSA) is 58.2 Å². The highest BCUT2D eigenvalue weighted by atomic mass is 32.1. The van der Waals surface area contributed by atoms with Crippen molar-refractivity contribution in [3.8, 4) is 0 Å². The van der Waals surface area contributed by atoms with Gasteiger partial charge >= 0.3 is 11.8 Å². The zero-order valence-electron chi connectivity index (χ0n) is 13.0. The molecule has 2 N–H and O–H groups in total. The normalized spacial score (nSPS) is 10.3. The molecule has 2 amide bonds. The highest BCUT2D eigenvalue weighted by Gasteiger charge is 2.15. The van der Waals surface area contributed by atoms with Gasteiger partial charge in [-0.3, -0.25) is 9.59 Å². The predicted molar refractivity (Wildman–Crippen MR) is 90.3 cm³/mol. The average molecular weight is 316 g/mol. The van der Waals surface area contributed by atoms with Gasteiger partial charge in [-0.25, -0.2) is 0 Å². The first-order valence-corrected chi connectivity index (χ1v) is 8.09. The van der Waals surface area contributed by atoms with Crippen LogP contribution in [-0.2, 0) is 16.0 Å². The molecule has 4 nitrogen and oxygen atoms in total. The molecule has 0 spiro atoms. The lowest BCUT2D eigenvalue weighted by atomic mass is 10.1. The zero-order valence-corrected chi connectivity index (χ0v) is 13.8. The van der Waals surface area contributed by atoms with E-state index in [0.717, 1.165) is 28.7 Å². The number of nitrogens with one attached hydrogen (secondary N) is 2. The average Bonchev–Trinajstić information content (AvgIpc) is 2.95. The summed E-state index contributed by atoms with van der Waals surface area (Å²) in [4.78, 5) is 23.8. The maximum absolute atomic E-state index is 12.0. The number of hydrogen-bond donors (Lipinski definition) is 2. The van der Waals surface area contributed by atoms with E-state index >= 15 is 0 Å². The van der Waals surface area contributed by atoms with Crippen LogP contribution in [-0.4, -0.2) is 18.4 Å². The predicted octanol–water partition coefficient (Wildman–Crippen LogP) is 2.97. The number of benzene rings is 1. The minimum Gasteiger partial charge on any atom is -0.347 e. The molecule has 116 valence electrons. The van der Waals surface area contributed by atoms with Crippen LogP contribution in [0.15, 0.2) is 29.0 Å². The van der Waals surface area contributed by atoms with Crippen molar-refractivity contribution < 1.29 is 9.59 Å². The molecular formula is C17H20N2O2S.